The minimum Gasteiger partial charge on any atom is -0.493 e. The normalized spacial score (nSPS) is 11.6. The lowest BCUT2D eigenvalue weighted by molar-refractivity contribution is -0.111. The fourth-order valence-corrected chi connectivity index (χ4v) is 3.68. The molecule has 0 atom stereocenters. The number of hydrogen-bond acceptors (Lipinski definition) is 3. The molecule has 3 aromatic carbocycles. The molecule has 4 aromatic rings. The van der Waals surface area contributed by atoms with Gasteiger partial charge in [0.15, 0.2) is 0 Å². The van der Waals surface area contributed by atoms with Crippen LogP contribution in [0.4, 0.5) is 5.69 Å². The number of amides is 1. The Bertz CT molecular complexity index is 1280. The molecule has 0 saturated carbocycles. The number of furan rings is 1. The van der Waals surface area contributed by atoms with Crippen molar-refractivity contribution in [3.63, 3.8) is 0 Å². The van der Waals surface area contributed by atoms with Gasteiger partial charge in [0.05, 0.1) is 12.9 Å². The lowest BCUT2D eigenvalue weighted by atomic mass is 9.98. The average Bonchev–Trinajstić information content (AvgIpc) is 3.18. The van der Waals surface area contributed by atoms with Crippen molar-refractivity contribution in [3.8, 4) is 16.9 Å². The second kappa shape index (κ2) is 9.15. The van der Waals surface area contributed by atoms with Crippen molar-refractivity contribution in [2.24, 2.45) is 0 Å². The molecule has 1 aromatic heterocycles. The summed E-state index contributed by atoms with van der Waals surface area (Å²) in [5.41, 5.74) is 7.66. The molecule has 1 N–H and O–H groups in total. The van der Waals surface area contributed by atoms with Crippen LogP contribution >= 0.6 is 0 Å². The van der Waals surface area contributed by atoms with Crippen LogP contribution in [-0.2, 0) is 4.79 Å². The summed E-state index contributed by atoms with van der Waals surface area (Å²) < 4.78 is 11.7. The summed E-state index contributed by atoms with van der Waals surface area (Å²) in [6, 6.07) is 20.0. The molecular weight excluding hydrogens is 398 g/mol. The summed E-state index contributed by atoms with van der Waals surface area (Å²) in [4.78, 5) is 12.6. The number of aryl methyl sites for hydroxylation is 2. The van der Waals surface area contributed by atoms with Crippen molar-refractivity contribution in [2.75, 3.05) is 11.9 Å². The Morgan fingerprint density at radius 3 is 2.31 bits per heavy atom. The van der Waals surface area contributed by atoms with Gasteiger partial charge < -0.3 is 14.5 Å². The molecule has 0 spiro atoms. The van der Waals surface area contributed by atoms with E-state index in [1.165, 1.54) is 5.56 Å². The number of hydrogen-bond donors (Lipinski definition) is 1. The molecule has 32 heavy (non-hydrogen) atoms. The lowest BCUT2D eigenvalue weighted by Crippen LogP contribution is -2.08. The molecule has 1 heterocycles. The van der Waals surface area contributed by atoms with E-state index < -0.39 is 0 Å². The number of rotatable bonds is 6. The van der Waals surface area contributed by atoms with Crippen molar-refractivity contribution in [1.82, 2.24) is 0 Å². The first-order valence-corrected chi connectivity index (χ1v) is 10.8. The Labute approximate surface area is 188 Å². The average molecular weight is 426 g/mol. The van der Waals surface area contributed by atoms with Gasteiger partial charge in [-0.1, -0.05) is 47.5 Å². The molecule has 0 unspecified atom stereocenters. The van der Waals surface area contributed by atoms with Gasteiger partial charge in [0.25, 0.3) is 0 Å². The van der Waals surface area contributed by atoms with E-state index in [4.69, 9.17) is 9.15 Å². The summed E-state index contributed by atoms with van der Waals surface area (Å²) in [5, 5.41) is 3.91. The second-order valence-corrected chi connectivity index (χ2v) is 7.98. The van der Waals surface area contributed by atoms with Gasteiger partial charge in [-0.3, -0.25) is 4.79 Å². The molecule has 0 aliphatic rings. The fraction of sp³-hybridized carbons (Fsp3) is 0.179. The fourth-order valence-electron chi connectivity index (χ4n) is 3.68. The number of carbonyl (C=O) groups is 1. The zero-order valence-electron chi connectivity index (χ0n) is 18.9. The molecule has 1 amide bonds. The summed E-state index contributed by atoms with van der Waals surface area (Å²) in [5.74, 6) is 0.515. The quantitative estimate of drug-likeness (QED) is 0.334. The van der Waals surface area contributed by atoms with Crippen LogP contribution in [0.1, 0.15) is 30.5 Å². The number of ether oxygens (including phenoxy) is 1. The molecule has 0 saturated heterocycles. The van der Waals surface area contributed by atoms with Crippen LogP contribution in [0, 0.1) is 13.8 Å². The largest absolute Gasteiger partial charge is 0.493 e. The zero-order valence-corrected chi connectivity index (χ0v) is 18.9. The third-order valence-electron chi connectivity index (χ3n) is 5.43. The van der Waals surface area contributed by atoms with Gasteiger partial charge in [0, 0.05) is 34.3 Å². The molecule has 4 heteroatoms. The van der Waals surface area contributed by atoms with Gasteiger partial charge in [-0.2, -0.15) is 0 Å². The monoisotopic (exact) mass is 425 g/mol. The molecule has 4 rings (SSSR count). The van der Waals surface area contributed by atoms with Crippen LogP contribution in [0.2, 0.25) is 0 Å². The van der Waals surface area contributed by atoms with Gasteiger partial charge in [0.2, 0.25) is 5.91 Å². The van der Waals surface area contributed by atoms with Gasteiger partial charge in [-0.25, -0.2) is 0 Å². The maximum absolute atomic E-state index is 12.6. The van der Waals surface area contributed by atoms with Gasteiger partial charge in [-0.15, -0.1) is 0 Å². The summed E-state index contributed by atoms with van der Waals surface area (Å²) >= 11 is 0. The first kappa shape index (κ1) is 21.4. The summed E-state index contributed by atoms with van der Waals surface area (Å²) in [6.07, 6.45) is 3.38. The predicted molar refractivity (Wildman–Crippen MR) is 131 cm³/mol. The van der Waals surface area contributed by atoms with Crippen LogP contribution in [-0.4, -0.2) is 12.5 Å². The van der Waals surface area contributed by atoms with Gasteiger partial charge in [-0.05, 0) is 57.0 Å². The van der Waals surface area contributed by atoms with E-state index in [9.17, 15) is 4.79 Å². The molecule has 162 valence electrons. The van der Waals surface area contributed by atoms with E-state index in [0.717, 1.165) is 44.5 Å². The molecular formula is C28H27NO3. The van der Waals surface area contributed by atoms with E-state index >= 15 is 0 Å². The first-order valence-electron chi connectivity index (χ1n) is 10.8. The second-order valence-electron chi connectivity index (χ2n) is 7.98. The SMILES string of the molecule is CCOc1cc2occ(-c3ccc(C)cc3)c2cc1/C(C)=C/C(=O)Nc1ccc(C)cc1. The Hall–Kier alpha value is -3.79. The van der Waals surface area contributed by atoms with Gasteiger partial charge >= 0.3 is 0 Å². The first-order chi connectivity index (χ1) is 15.4. The maximum Gasteiger partial charge on any atom is 0.248 e. The minimum absolute atomic E-state index is 0.181. The summed E-state index contributed by atoms with van der Waals surface area (Å²) in [6.45, 7) is 8.47. The topological polar surface area (TPSA) is 51.5 Å². The highest BCUT2D eigenvalue weighted by Crippen LogP contribution is 2.37. The van der Waals surface area contributed by atoms with Crippen molar-refractivity contribution >= 4 is 28.1 Å². The van der Waals surface area contributed by atoms with E-state index in [2.05, 4.69) is 36.5 Å². The molecule has 4 nitrogen and oxygen atoms in total. The Morgan fingerprint density at radius 2 is 1.66 bits per heavy atom. The van der Waals surface area contributed by atoms with Crippen LogP contribution in [0.25, 0.3) is 27.7 Å². The third-order valence-corrected chi connectivity index (χ3v) is 5.43. The Kier molecular flexibility index (Phi) is 6.13. The van der Waals surface area contributed by atoms with E-state index in [1.54, 1.807) is 12.3 Å². The smallest absolute Gasteiger partial charge is 0.248 e. The molecule has 0 aliphatic carbocycles. The van der Waals surface area contributed by atoms with E-state index in [1.807, 2.05) is 57.2 Å². The number of nitrogens with one attached hydrogen (secondary N) is 1. The van der Waals surface area contributed by atoms with E-state index in [-0.39, 0.29) is 5.91 Å². The van der Waals surface area contributed by atoms with Crippen LogP contribution in [0.3, 0.4) is 0 Å². The molecule has 0 aliphatic heterocycles. The van der Waals surface area contributed by atoms with Gasteiger partial charge in [0.1, 0.15) is 11.3 Å². The lowest BCUT2D eigenvalue weighted by Gasteiger charge is -2.12. The van der Waals surface area contributed by atoms with Crippen LogP contribution in [0.5, 0.6) is 5.75 Å². The molecule has 0 bridgehead atoms. The summed E-state index contributed by atoms with van der Waals surface area (Å²) in [7, 11) is 0. The highest BCUT2D eigenvalue weighted by molar-refractivity contribution is 6.05. The Balaban J connectivity index is 1.71. The highest BCUT2D eigenvalue weighted by Gasteiger charge is 2.15. The van der Waals surface area contributed by atoms with Crippen molar-refractivity contribution in [3.05, 3.63) is 89.7 Å². The Morgan fingerprint density at radius 1 is 1.00 bits per heavy atom. The number of fused-ring (bicyclic) bond motifs is 1. The van der Waals surface area contributed by atoms with Crippen LogP contribution in [0.15, 0.2) is 77.4 Å². The zero-order chi connectivity index (χ0) is 22.7. The third kappa shape index (κ3) is 4.59. The maximum atomic E-state index is 12.6. The number of benzene rings is 3. The number of carbonyl (C=O) groups excluding carboxylic acids is 1. The van der Waals surface area contributed by atoms with Crippen LogP contribution < -0.4 is 10.1 Å². The highest BCUT2D eigenvalue weighted by atomic mass is 16.5. The van der Waals surface area contributed by atoms with Crippen molar-refractivity contribution < 1.29 is 13.9 Å². The molecule has 0 radical (unpaired) electrons. The number of allylic oxidation sites excluding steroid dienone is 1. The van der Waals surface area contributed by atoms with Crippen molar-refractivity contribution in [2.45, 2.75) is 27.7 Å². The number of anilines is 1. The predicted octanol–water partition coefficient (Wildman–Crippen LogP) is 7.16. The minimum atomic E-state index is -0.181. The standard InChI is InChI=1S/C28H27NO3/c1-5-31-26-16-27-24(25(17-32-27)21-10-6-18(2)7-11-21)15-23(26)20(4)14-28(30)29-22-12-8-19(3)9-13-22/h6-17H,5H2,1-4H3,(H,29,30)/b20-14+. The molecule has 0 fully saturated rings. The van der Waals surface area contributed by atoms with Crippen molar-refractivity contribution in [1.29, 1.82) is 0 Å². The van der Waals surface area contributed by atoms with E-state index in [0.29, 0.717) is 12.4 Å².